The number of carbonyl (C=O) groups excluding carboxylic acids is 1. The quantitative estimate of drug-likeness (QED) is 0.673. The molecule has 1 amide bonds. The molecule has 0 unspecified atom stereocenters. The fourth-order valence-electron chi connectivity index (χ4n) is 1.60. The molecule has 0 fully saturated rings. The highest BCUT2D eigenvalue weighted by Gasteiger charge is 2.09. The molecular formula is C15H14N2O2. The van der Waals surface area contributed by atoms with Crippen molar-refractivity contribution in [1.29, 1.82) is 0 Å². The Morgan fingerprint density at radius 3 is 2.53 bits per heavy atom. The second kappa shape index (κ2) is 6.35. The van der Waals surface area contributed by atoms with E-state index < -0.39 is 0 Å². The van der Waals surface area contributed by atoms with Gasteiger partial charge in [-0.15, -0.1) is 0 Å². The van der Waals surface area contributed by atoms with E-state index >= 15 is 0 Å². The number of benzene rings is 2. The van der Waals surface area contributed by atoms with Crippen LogP contribution in [0.15, 0.2) is 59.7 Å². The number of nitrogens with one attached hydrogen (secondary N) is 1. The number of methoxy groups -OCH3 is 1. The van der Waals surface area contributed by atoms with Crippen molar-refractivity contribution in [3.05, 3.63) is 65.7 Å². The summed E-state index contributed by atoms with van der Waals surface area (Å²) in [5, 5.41) is 3.91. The summed E-state index contributed by atoms with van der Waals surface area (Å²) in [4.78, 5) is 11.9. The molecule has 0 atom stereocenters. The van der Waals surface area contributed by atoms with Crippen LogP contribution in [0.4, 0.5) is 0 Å². The zero-order valence-corrected chi connectivity index (χ0v) is 10.5. The van der Waals surface area contributed by atoms with E-state index in [2.05, 4.69) is 10.5 Å². The number of rotatable bonds is 4. The van der Waals surface area contributed by atoms with Crippen LogP contribution in [-0.2, 0) is 0 Å². The minimum Gasteiger partial charge on any atom is -0.496 e. The minimum absolute atomic E-state index is 0.301. The van der Waals surface area contributed by atoms with Gasteiger partial charge >= 0.3 is 0 Å². The van der Waals surface area contributed by atoms with E-state index in [9.17, 15) is 4.79 Å². The largest absolute Gasteiger partial charge is 0.496 e. The Morgan fingerprint density at radius 2 is 1.79 bits per heavy atom. The van der Waals surface area contributed by atoms with Gasteiger partial charge < -0.3 is 4.74 Å². The van der Waals surface area contributed by atoms with E-state index in [1.807, 2.05) is 36.4 Å². The molecule has 0 aliphatic carbocycles. The molecule has 1 N–H and O–H groups in total. The van der Waals surface area contributed by atoms with Gasteiger partial charge in [0.25, 0.3) is 5.91 Å². The van der Waals surface area contributed by atoms with Crippen LogP contribution in [0.5, 0.6) is 5.75 Å². The van der Waals surface area contributed by atoms with Crippen molar-refractivity contribution in [3.8, 4) is 5.75 Å². The first kappa shape index (κ1) is 12.8. The molecule has 0 saturated heterocycles. The Labute approximate surface area is 111 Å². The lowest BCUT2D eigenvalue weighted by Crippen LogP contribution is -2.18. The number of hydrogen-bond acceptors (Lipinski definition) is 3. The molecule has 0 heterocycles. The predicted molar refractivity (Wildman–Crippen MR) is 74.5 cm³/mol. The fraction of sp³-hybridized carbons (Fsp3) is 0.0667. The van der Waals surface area contributed by atoms with Gasteiger partial charge in [0.15, 0.2) is 0 Å². The second-order valence-electron chi connectivity index (χ2n) is 3.81. The Balaban J connectivity index is 2.04. The monoisotopic (exact) mass is 254 g/mol. The Hall–Kier alpha value is -2.62. The van der Waals surface area contributed by atoms with E-state index in [0.29, 0.717) is 11.3 Å². The first-order valence-corrected chi connectivity index (χ1v) is 5.83. The number of carbonyl (C=O) groups is 1. The SMILES string of the molecule is COc1ccccc1C(=O)NN=Cc1ccccc1. The van der Waals surface area contributed by atoms with Crippen LogP contribution in [0.2, 0.25) is 0 Å². The zero-order chi connectivity index (χ0) is 13.5. The van der Waals surface area contributed by atoms with Gasteiger partial charge in [0, 0.05) is 0 Å². The van der Waals surface area contributed by atoms with Crippen LogP contribution in [0.25, 0.3) is 0 Å². The topological polar surface area (TPSA) is 50.7 Å². The van der Waals surface area contributed by atoms with Crippen LogP contribution in [-0.4, -0.2) is 19.2 Å². The minimum atomic E-state index is -0.301. The third-order valence-electron chi connectivity index (χ3n) is 2.53. The summed E-state index contributed by atoms with van der Waals surface area (Å²) < 4.78 is 5.12. The fourth-order valence-corrected chi connectivity index (χ4v) is 1.60. The van der Waals surface area contributed by atoms with E-state index in [1.165, 1.54) is 7.11 Å². The highest BCUT2D eigenvalue weighted by atomic mass is 16.5. The lowest BCUT2D eigenvalue weighted by Gasteiger charge is -2.05. The molecule has 0 bridgehead atoms. The summed E-state index contributed by atoms with van der Waals surface area (Å²) in [6.07, 6.45) is 1.59. The molecule has 0 aliphatic rings. The lowest BCUT2D eigenvalue weighted by atomic mass is 10.2. The van der Waals surface area contributed by atoms with Crippen molar-refractivity contribution in [1.82, 2.24) is 5.43 Å². The van der Waals surface area contributed by atoms with Gasteiger partial charge in [-0.25, -0.2) is 5.43 Å². The van der Waals surface area contributed by atoms with Gasteiger partial charge in [-0.1, -0.05) is 42.5 Å². The second-order valence-corrected chi connectivity index (χ2v) is 3.81. The summed E-state index contributed by atoms with van der Waals surface area (Å²) in [7, 11) is 1.53. The molecule has 0 aliphatic heterocycles. The molecule has 2 aromatic rings. The van der Waals surface area contributed by atoms with Gasteiger partial charge in [0.2, 0.25) is 0 Å². The molecule has 0 aromatic heterocycles. The highest BCUT2D eigenvalue weighted by Crippen LogP contribution is 2.16. The summed E-state index contributed by atoms with van der Waals surface area (Å²) in [6.45, 7) is 0. The standard InChI is InChI=1S/C15H14N2O2/c1-19-14-10-6-5-9-13(14)15(18)17-16-11-12-7-3-2-4-8-12/h2-11H,1H3,(H,17,18). The van der Waals surface area contributed by atoms with Gasteiger partial charge in [-0.3, -0.25) is 4.79 Å². The molecule has 0 spiro atoms. The van der Waals surface area contributed by atoms with Crippen molar-refractivity contribution in [2.45, 2.75) is 0 Å². The maximum atomic E-state index is 11.9. The van der Waals surface area contributed by atoms with Gasteiger partial charge in [-0.05, 0) is 17.7 Å². The van der Waals surface area contributed by atoms with Crippen LogP contribution >= 0.6 is 0 Å². The molecule has 2 aromatic carbocycles. The van der Waals surface area contributed by atoms with Crippen molar-refractivity contribution < 1.29 is 9.53 Å². The van der Waals surface area contributed by atoms with E-state index in [-0.39, 0.29) is 5.91 Å². The summed E-state index contributed by atoms with van der Waals surface area (Å²) in [5.74, 6) is 0.222. The van der Waals surface area contributed by atoms with E-state index in [0.717, 1.165) is 5.56 Å². The summed E-state index contributed by atoms with van der Waals surface area (Å²) in [6, 6.07) is 16.5. The number of amides is 1. The van der Waals surface area contributed by atoms with E-state index in [4.69, 9.17) is 4.74 Å². The zero-order valence-electron chi connectivity index (χ0n) is 10.5. The number of nitrogens with zero attached hydrogens (tertiary/aromatic N) is 1. The maximum absolute atomic E-state index is 11.9. The number of ether oxygens (including phenoxy) is 1. The average molecular weight is 254 g/mol. The molecular weight excluding hydrogens is 240 g/mol. The van der Waals surface area contributed by atoms with Crippen molar-refractivity contribution >= 4 is 12.1 Å². The first-order valence-electron chi connectivity index (χ1n) is 5.83. The third kappa shape index (κ3) is 3.42. The van der Waals surface area contributed by atoms with Gasteiger partial charge in [-0.2, -0.15) is 5.10 Å². The lowest BCUT2D eigenvalue weighted by molar-refractivity contribution is 0.0952. The predicted octanol–water partition coefficient (Wildman–Crippen LogP) is 2.46. The Kier molecular flexibility index (Phi) is 4.29. The van der Waals surface area contributed by atoms with Crippen molar-refractivity contribution in [2.75, 3.05) is 7.11 Å². The molecule has 0 saturated carbocycles. The molecule has 4 heteroatoms. The third-order valence-corrected chi connectivity index (χ3v) is 2.53. The molecule has 96 valence electrons. The summed E-state index contributed by atoms with van der Waals surface area (Å²) >= 11 is 0. The first-order chi connectivity index (χ1) is 9.31. The Morgan fingerprint density at radius 1 is 1.11 bits per heavy atom. The van der Waals surface area contributed by atoms with Crippen molar-refractivity contribution in [2.24, 2.45) is 5.10 Å². The van der Waals surface area contributed by atoms with Crippen LogP contribution in [0.1, 0.15) is 15.9 Å². The maximum Gasteiger partial charge on any atom is 0.275 e. The number of para-hydroxylation sites is 1. The van der Waals surface area contributed by atoms with Gasteiger partial charge in [0.1, 0.15) is 5.75 Å². The highest BCUT2D eigenvalue weighted by molar-refractivity contribution is 5.97. The Bertz CT molecular complexity index is 580. The smallest absolute Gasteiger partial charge is 0.275 e. The van der Waals surface area contributed by atoms with Crippen LogP contribution in [0, 0.1) is 0 Å². The number of hydrogen-bond donors (Lipinski definition) is 1. The van der Waals surface area contributed by atoms with Gasteiger partial charge in [0.05, 0.1) is 18.9 Å². The van der Waals surface area contributed by atoms with E-state index in [1.54, 1.807) is 24.4 Å². The summed E-state index contributed by atoms with van der Waals surface area (Å²) in [5.41, 5.74) is 3.85. The van der Waals surface area contributed by atoms with Crippen molar-refractivity contribution in [3.63, 3.8) is 0 Å². The molecule has 0 radical (unpaired) electrons. The molecule has 19 heavy (non-hydrogen) atoms. The molecule has 2 rings (SSSR count). The normalized spacial score (nSPS) is 10.4. The van der Waals surface area contributed by atoms with Crippen LogP contribution in [0.3, 0.4) is 0 Å². The molecule has 4 nitrogen and oxygen atoms in total. The average Bonchev–Trinajstić information content (AvgIpc) is 2.48. The van der Waals surface area contributed by atoms with Crippen LogP contribution < -0.4 is 10.2 Å². The number of hydrazone groups is 1.